The molecule has 0 radical (unpaired) electrons. The lowest BCUT2D eigenvalue weighted by atomic mass is 10.1. The lowest BCUT2D eigenvalue weighted by molar-refractivity contribution is -0.162. The molecule has 7 nitrogen and oxygen atoms in total. The molecule has 3 aliphatic heterocycles. The van der Waals surface area contributed by atoms with Crippen LogP contribution in [0.1, 0.15) is 31.4 Å². The van der Waals surface area contributed by atoms with Crippen LogP contribution in [-0.4, -0.2) is 53.2 Å². The maximum atomic E-state index is 11.8. The lowest BCUT2D eigenvalue weighted by Gasteiger charge is -2.30. The molecule has 2 amide bonds. The highest BCUT2D eigenvalue weighted by Crippen LogP contribution is 2.38. The highest BCUT2D eigenvalue weighted by molar-refractivity contribution is 8.18. The zero-order valence-corrected chi connectivity index (χ0v) is 22.2. The van der Waals surface area contributed by atoms with E-state index in [9.17, 15) is 9.59 Å². The maximum Gasteiger partial charge on any atom is 0.290 e. The normalized spacial score (nSPS) is 25.7. The number of likely N-dealkylation sites (tertiary alicyclic amines) is 1. The van der Waals surface area contributed by atoms with E-state index in [1.165, 1.54) is 5.56 Å². The van der Waals surface area contributed by atoms with Crippen molar-refractivity contribution in [1.29, 1.82) is 0 Å². The Balaban J connectivity index is 1.12. The van der Waals surface area contributed by atoms with E-state index in [1.807, 2.05) is 56.3 Å². The van der Waals surface area contributed by atoms with E-state index >= 15 is 0 Å². The summed E-state index contributed by atoms with van der Waals surface area (Å²) in [6.45, 7) is 6.24. The van der Waals surface area contributed by atoms with E-state index in [1.54, 1.807) is 6.08 Å². The van der Waals surface area contributed by atoms with Gasteiger partial charge in [0.15, 0.2) is 5.79 Å². The Hall–Kier alpha value is -3.17. The van der Waals surface area contributed by atoms with Crippen molar-refractivity contribution in [2.24, 2.45) is 0 Å². The summed E-state index contributed by atoms with van der Waals surface area (Å²) in [5, 5.41) is 4.03. The van der Waals surface area contributed by atoms with Crippen LogP contribution in [0.5, 0.6) is 5.75 Å². The molecule has 0 aromatic heterocycles. The third kappa shape index (κ3) is 5.35. The second-order valence-electron chi connectivity index (χ2n) is 10.4. The number of imide groups is 1. The van der Waals surface area contributed by atoms with Crippen molar-refractivity contribution in [2.45, 2.75) is 50.8 Å². The maximum absolute atomic E-state index is 11.8. The number of amides is 2. The quantitative estimate of drug-likeness (QED) is 0.414. The van der Waals surface area contributed by atoms with Crippen LogP contribution in [0.25, 0.3) is 16.8 Å². The summed E-state index contributed by atoms with van der Waals surface area (Å²) in [5.74, 6) is -0.0955. The van der Waals surface area contributed by atoms with Crippen molar-refractivity contribution in [3.8, 4) is 5.75 Å². The SMILES string of the molecule is CC1(C)O[C@@H]2[C@@H](CN(Cc3ccccc3)[C@H]2CCOc2ccc3cc(/C=C4\SC(=O)NC4=O)ccc3c2)O1. The average Bonchev–Trinajstić information content (AvgIpc) is 3.47. The van der Waals surface area contributed by atoms with E-state index in [0.29, 0.717) is 11.5 Å². The van der Waals surface area contributed by atoms with Crippen molar-refractivity contribution >= 4 is 39.8 Å². The third-order valence-corrected chi connectivity index (χ3v) is 7.98. The zero-order valence-electron chi connectivity index (χ0n) is 21.4. The standard InChI is InChI=1S/C30H30N2O5S/c1-30(2)36-25-18-32(17-19-6-4-3-5-7-19)24(27(25)37-30)12-13-35-23-11-10-21-14-20(8-9-22(21)16-23)15-26-28(33)31-29(34)38-26/h3-11,14-16,24-25,27H,12-13,17-18H2,1-2H3,(H,31,33,34)/b26-15-/t24-,25+,27-/m0/s1. The number of fused-ring (bicyclic) bond motifs is 2. The minimum Gasteiger partial charge on any atom is -0.494 e. The van der Waals surface area contributed by atoms with Crippen LogP contribution >= 0.6 is 11.8 Å². The Morgan fingerprint density at radius 3 is 2.63 bits per heavy atom. The molecule has 0 spiro atoms. The highest BCUT2D eigenvalue weighted by atomic mass is 32.2. The largest absolute Gasteiger partial charge is 0.494 e. The summed E-state index contributed by atoms with van der Waals surface area (Å²) < 4.78 is 18.7. The van der Waals surface area contributed by atoms with Crippen molar-refractivity contribution < 1.29 is 23.8 Å². The molecule has 8 heteroatoms. The van der Waals surface area contributed by atoms with Gasteiger partial charge in [-0.05, 0) is 78.2 Å². The molecule has 3 fully saturated rings. The first kappa shape index (κ1) is 25.1. The number of nitrogens with zero attached hydrogens (tertiary/aromatic N) is 1. The van der Waals surface area contributed by atoms with E-state index in [2.05, 4.69) is 34.5 Å². The third-order valence-electron chi connectivity index (χ3n) is 7.17. The van der Waals surface area contributed by atoms with Crippen molar-refractivity contribution in [2.75, 3.05) is 13.2 Å². The Labute approximate surface area is 226 Å². The van der Waals surface area contributed by atoms with Gasteiger partial charge in [0, 0.05) is 19.1 Å². The van der Waals surface area contributed by atoms with Gasteiger partial charge in [0.1, 0.15) is 18.0 Å². The molecule has 3 aromatic carbocycles. The predicted octanol–water partition coefficient (Wildman–Crippen LogP) is 5.34. The van der Waals surface area contributed by atoms with Crippen molar-refractivity contribution in [3.63, 3.8) is 0 Å². The number of thioether (sulfide) groups is 1. The second kappa shape index (κ2) is 10.2. The molecule has 0 bridgehead atoms. The fourth-order valence-electron chi connectivity index (χ4n) is 5.54. The number of nitrogens with one attached hydrogen (secondary N) is 1. The zero-order chi connectivity index (χ0) is 26.3. The Morgan fingerprint density at radius 1 is 1.05 bits per heavy atom. The van der Waals surface area contributed by atoms with Crippen molar-refractivity contribution in [3.05, 3.63) is 82.8 Å². The van der Waals surface area contributed by atoms with Gasteiger partial charge in [-0.3, -0.25) is 19.8 Å². The van der Waals surface area contributed by atoms with Crippen LogP contribution in [0.2, 0.25) is 0 Å². The smallest absolute Gasteiger partial charge is 0.290 e. The van der Waals surface area contributed by atoms with Crippen LogP contribution in [0.15, 0.2) is 71.6 Å². The summed E-state index contributed by atoms with van der Waals surface area (Å²) in [7, 11) is 0. The van der Waals surface area contributed by atoms with Gasteiger partial charge in [-0.2, -0.15) is 0 Å². The van der Waals surface area contributed by atoms with Crippen LogP contribution in [0.4, 0.5) is 4.79 Å². The molecular formula is C30H30N2O5S. The molecule has 3 aromatic rings. The predicted molar refractivity (Wildman–Crippen MR) is 148 cm³/mol. The first-order valence-electron chi connectivity index (χ1n) is 12.9. The molecule has 196 valence electrons. The first-order chi connectivity index (χ1) is 18.3. The minimum absolute atomic E-state index is 0.0249. The van der Waals surface area contributed by atoms with E-state index in [-0.39, 0.29) is 29.4 Å². The van der Waals surface area contributed by atoms with E-state index in [0.717, 1.165) is 53.4 Å². The molecule has 3 saturated heterocycles. The second-order valence-corrected chi connectivity index (χ2v) is 11.4. The first-order valence-corrected chi connectivity index (χ1v) is 13.7. The average molecular weight is 531 g/mol. The van der Waals surface area contributed by atoms with Crippen LogP contribution in [-0.2, 0) is 20.8 Å². The van der Waals surface area contributed by atoms with Crippen LogP contribution < -0.4 is 10.1 Å². The summed E-state index contributed by atoms with van der Waals surface area (Å²) in [6, 6.07) is 22.7. The summed E-state index contributed by atoms with van der Waals surface area (Å²) >= 11 is 0.923. The number of carbonyl (C=O) groups excluding carboxylic acids is 2. The van der Waals surface area contributed by atoms with Gasteiger partial charge in [0.05, 0.1) is 11.5 Å². The molecule has 3 atom stereocenters. The lowest BCUT2D eigenvalue weighted by Crippen LogP contribution is -2.39. The fraction of sp³-hybridized carbons (Fsp3) is 0.333. The number of rotatable bonds is 7. The molecule has 0 unspecified atom stereocenters. The number of hydrogen-bond acceptors (Lipinski definition) is 7. The molecular weight excluding hydrogens is 500 g/mol. The minimum atomic E-state index is -0.559. The molecule has 38 heavy (non-hydrogen) atoms. The Morgan fingerprint density at radius 2 is 1.84 bits per heavy atom. The van der Waals surface area contributed by atoms with Gasteiger partial charge >= 0.3 is 0 Å². The molecule has 1 N–H and O–H groups in total. The van der Waals surface area contributed by atoms with E-state index < -0.39 is 5.79 Å². The number of hydrogen-bond donors (Lipinski definition) is 1. The number of carbonyl (C=O) groups is 2. The summed E-state index contributed by atoms with van der Waals surface area (Å²) in [6.07, 6.45) is 2.66. The van der Waals surface area contributed by atoms with Crippen molar-refractivity contribution in [1.82, 2.24) is 10.2 Å². The van der Waals surface area contributed by atoms with Gasteiger partial charge in [-0.25, -0.2) is 0 Å². The Bertz CT molecular complexity index is 1410. The molecule has 0 aliphatic carbocycles. The monoisotopic (exact) mass is 530 g/mol. The highest BCUT2D eigenvalue weighted by Gasteiger charge is 2.52. The molecule has 3 heterocycles. The topological polar surface area (TPSA) is 77.1 Å². The van der Waals surface area contributed by atoms with Gasteiger partial charge in [0.2, 0.25) is 0 Å². The van der Waals surface area contributed by atoms with E-state index in [4.69, 9.17) is 14.2 Å². The number of ether oxygens (including phenoxy) is 3. The summed E-state index contributed by atoms with van der Waals surface area (Å²) in [5.41, 5.74) is 2.15. The van der Waals surface area contributed by atoms with Crippen LogP contribution in [0, 0.1) is 0 Å². The fourth-order valence-corrected chi connectivity index (χ4v) is 6.23. The van der Waals surface area contributed by atoms with Gasteiger partial charge < -0.3 is 14.2 Å². The van der Waals surface area contributed by atoms with Gasteiger partial charge in [-0.1, -0.05) is 48.5 Å². The summed E-state index contributed by atoms with van der Waals surface area (Å²) in [4.78, 5) is 26.1. The van der Waals surface area contributed by atoms with Crippen LogP contribution in [0.3, 0.4) is 0 Å². The molecule has 0 saturated carbocycles. The van der Waals surface area contributed by atoms with Gasteiger partial charge in [-0.15, -0.1) is 0 Å². The molecule has 3 aliphatic rings. The van der Waals surface area contributed by atoms with Gasteiger partial charge in [0.25, 0.3) is 11.1 Å². The molecule has 6 rings (SSSR count). The number of benzene rings is 3. The Kier molecular flexibility index (Phi) is 6.74.